The highest BCUT2D eigenvalue weighted by Crippen LogP contribution is 2.27. The summed E-state index contributed by atoms with van der Waals surface area (Å²) in [4.78, 5) is 0. The summed E-state index contributed by atoms with van der Waals surface area (Å²) in [6, 6.07) is 17.9. The van der Waals surface area contributed by atoms with Crippen LogP contribution in [-0.4, -0.2) is 22.5 Å². The van der Waals surface area contributed by atoms with E-state index in [1.165, 1.54) is 0 Å². The van der Waals surface area contributed by atoms with Crippen molar-refractivity contribution in [1.82, 2.24) is 9.78 Å². The van der Waals surface area contributed by atoms with Gasteiger partial charge in [-0.2, -0.15) is 5.10 Å². The van der Waals surface area contributed by atoms with E-state index in [9.17, 15) is 0 Å². The molecule has 0 aliphatic carbocycles. The first-order chi connectivity index (χ1) is 12.9. The van der Waals surface area contributed by atoms with Crippen molar-refractivity contribution in [2.45, 2.75) is 39.5 Å². The number of benzene rings is 2. The minimum atomic E-state index is -0.220. The maximum absolute atomic E-state index is 6.36. The van der Waals surface area contributed by atoms with Crippen LogP contribution < -0.4 is 4.74 Å². The van der Waals surface area contributed by atoms with Gasteiger partial charge >= 0.3 is 0 Å². The van der Waals surface area contributed by atoms with Crippen molar-refractivity contribution in [2.75, 3.05) is 7.11 Å². The summed E-state index contributed by atoms with van der Waals surface area (Å²) in [7, 11) is 1.67. The van der Waals surface area contributed by atoms with Gasteiger partial charge in [-0.15, -0.1) is 0 Å². The van der Waals surface area contributed by atoms with E-state index >= 15 is 0 Å². The zero-order valence-electron chi connectivity index (χ0n) is 16.2. The molecule has 0 spiro atoms. The quantitative estimate of drug-likeness (QED) is 0.557. The number of aromatic nitrogens is 2. The number of hydrogen-bond acceptors (Lipinski definition) is 3. The molecular formula is C22H25ClN2O2. The first-order valence-corrected chi connectivity index (χ1v) is 9.32. The summed E-state index contributed by atoms with van der Waals surface area (Å²) in [5, 5.41) is 5.51. The lowest BCUT2D eigenvalue weighted by atomic mass is 10.1. The van der Waals surface area contributed by atoms with Crippen LogP contribution in [0.3, 0.4) is 0 Å². The SMILES string of the molecule is COc1cccc(-c2cc(COC(C)(C)C)nn2Cc2ccccc2Cl)c1. The normalized spacial score (nSPS) is 11.6. The summed E-state index contributed by atoms with van der Waals surface area (Å²) in [5.41, 5.74) is 3.73. The topological polar surface area (TPSA) is 36.3 Å². The smallest absolute Gasteiger partial charge is 0.119 e. The molecule has 1 heterocycles. The minimum Gasteiger partial charge on any atom is -0.497 e. The fourth-order valence-corrected chi connectivity index (χ4v) is 2.95. The number of halogens is 1. The number of ether oxygens (including phenoxy) is 2. The maximum atomic E-state index is 6.36. The number of nitrogens with zero attached hydrogens (tertiary/aromatic N) is 2. The van der Waals surface area contributed by atoms with E-state index in [-0.39, 0.29) is 5.60 Å². The van der Waals surface area contributed by atoms with Crippen molar-refractivity contribution in [3.05, 3.63) is 70.9 Å². The Balaban J connectivity index is 1.98. The Morgan fingerprint density at radius 1 is 1.04 bits per heavy atom. The molecule has 0 aliphatic heterocycles. The van der Waals surface area contributed by atoms with Gasteiger partial charge in [0.1, 0.15) is 5.75 Å². The molecular weight excluding hydrogens is 360 g/mol. The fourth-order valence-electron chi connectivity index (χ4n) is 2.75. The Labute approximate surface area is 165 Å². The van der Waals surface area contributed by atoms with E-state index in [2.05, 4.69) is 12.1 Å². The highest BCUT2D eigenvalue weighted by molar-refractivity contribution is 6.31. The van der Waals surface area contributed by atoms with Crippen molar-refractivity contribution >= 4 is 11.6 Å². The maximum Gasteiger partial charge on any atom is 0.119 e. The van der Waals surface area contributed by atoms with Crippen LogP contribution >= 0.6 is 11.6 Å². The summed E-state index contributed by atoms with van der Waals surface area (Å²) < 4.78 is 13.3. The van der Waals surface area contributed by atoms with Crippen LogP contribution in [0.2, 0.25) is 5.02 Å². The predicted octanol–water partition coefficient (Wildman–Crippen LogP) is 5.58. The van der Waals surface area contributed by atoms with Gasteiger partial charge in [-0.05, 0) is 50.6 Å². The molecule has 3 rings (SSSR count). The summed E-state index contributed by atoms with van der Waals surface area (Å²) in [5.74, 6) is 0.811. The number of hydrogen-bond donors (Lipinski definition) is 0. The van der Waals surface area contributed by atoms with Crippen LogP contribution in [-0.2, 0) is 17.9 Å². The summed E-state index contributed by atoms with van der Waals surface area (Å²) >= 11 is 6.36. The van der Waals surface area contributed by atoms with Crippen molar-refractivity contribution in [2.24, 2.45) is 0 Å². The van der Waals surface area contributed by atoms with Crippen molar-refractivity contribution < 1.29 is 9.47 Å². The van der Waals surface area contributed by atoms with Gasteiger partial charge < -0.3 is 9.47 Å². The van der Waals surface area contributed by atoms with Gasteiger partial charge in [-0.3, -0.25) is 4.68 Å². The zero-order valence-corrected chi connectivity index (χ0v) is 17.0. The lowest BCUT2D eigenvalue weighted by molar-refractivity contribution is -0.0166. The lowest BCUT2D eigenvalue weighted by Gasteiger charge is -2.18. The second-order valence-corrected chi connectivity index (χ2v) is 7.81. The summed E-state index contributed by atoms with van der Waals surface area (Å²) in [6.45, 7) is 7.15. The second kappa shape index (κ2) is 8.15. The van der Waals surface area contributed by atoms with E-state index in [1.807, 2.05) is 67.9 Å². The Kier molecular flexibility index (Phi) is 5.88. The zero-order chi connectivity index (χ0) is 19.4. The van der Waals surface area contributed by atoms with Crippen LogP contribution in [0.15, 0.2) is 54.6 Å². The highest BCUT2D eigenvalue weighted by Gasteiger charge is 2.15. The molecule has 0 aliphatic rings. The average Bonchev–Trinajstić information content (AvgIpc) is 3.04. The molecule has 142 valence electrons. The van der Waals surface area contributed by atoms with Gasteiger partial charge in [0.15, 0.2) is 0 Å². The molecule has 0 bridgehead atoms. The minimum absolute atomic E-state index is 0.220. The molecule has 2 aromatic carbocycles. The van der Waals surface area contributed by atoms with E-state index in [0.717, 1.165) is 33.3 Å². The first kappa shape index (κ1) is 19.5. The molecule has 0 radical (unpaired) electrons. The molecule has 0 saturated carbocycles. The lowest BCUT2D eigenvalue weighted by Crippen LogP contribution is -2.19. The Hall–Kier alpha value is -2.30. The van der Waals surface area contributed by atoms with Crippen LogP contribution in [0.5, 0.6) is 5.75 Å². The van der Waals surface area contributed by atoms with Gasteiger partial charge in [0, 0.05) is 10.6 Å². The molecule has 0 unspecified atom stereocenters. The summed E-state index contributed by atoms with van der Waals surface area (Å²) in [6.07, 6.45) is 0. The van der Waals surface area contributed by atoms with Gasteiger partial charge in [0.25, 0.3) is 0 Å². The standard InChI is InChI=1S/C22H25ClN2O2/c1-22(2,3)27-15-18-13-21(16-9-7-10-19(12-16)26-4)25(24-18)14-17-8-5-6-11-20(17)23/h5-13H,14-15H2,1-4H3. The van der Waals surface area contributed by atoms with E-state index < -0.39 is 0 Å². The Bertz CT molecular complexity index is 913. The molecule has 0 N–H and O–H groups in total. The highest BCUT2D eigenvalue weighted by atomic mass is 35.5. The molecule has 0 atom stereocenters. The molecule has 0 amide bonds. The second-order valence-electron chi connectivity index (χ2n) is 7.40. The Morgan fingerprint density at radius 3 is 2.52 bits per heavy atom. The third-order valence-corrected chi connectivity index (χ3v) is 4.50. The molecule has 3 aromatic rings. The van der Waals surface area contributed by atoms with Crippen LogP contribution in [0.1, 0.15) is 32.0 Å². The average molecular weight is 385 g/mol. The fraction of sp³-hybridized carbons (Fsp3) is 0.318. The van der Waals surface area contributed by atoms with E-state index in [4.69, 9.17) is 26.2 Å². The number of methoxy groups -OCH3 is 1. The van der Waals surface area contributed by atoms with E-state index in [0.29, 0.717) is 13.2 Å². The molecule has 0 fully saturated rings. The van der Waals surface area contributed by atoms with Crippen molar-refractivity contribution in [3.8, 4) is 17.0 Å². The van der Waals surface area contributed by atoms with Gasteiger partial charge in [-0.1, -0.05) is 41.9 Å². The molecule has 5 heteroatoms. The molecule has 0 saturated heterocycles. The number of rotatable bonds is 6. The molecule has 4 nitrogen and oxygen atoms in total. The van der Waals surface area contributed by atoms with Crippen LogP contribution in [0.25, 0.3) is 11.3 Å². The van der Waals surface area contributed by atoms with Gasteiger partial charge in [0.05, 0.1) is 37.3 Å². The third kappa shape index (κ3) is 5.12. The van der Waals surface area contributed by atoms with Crippen molar-refractivity contribution in [3.63, 3.8) is 0 Å². The van der Waals surface area contributed by atoms with E-state index in [1.54, 1.807) is 7.11 Å². The predicted molar refractivity (Wildman–Crippen MR) is 109 cm³/mol. The molecule has 1 aromatic heterocycles. The van der Waals surface area contributed by atoms with Crippen molar-refractivity contribution in [1.29, 1.82) is 0 Å². The largest absolute Gasteiger partial charge is 0.497 e. The third-order valence-electron chi connectivity index (χ3n) is 4.13. The van der Waals surface area contributed by atoms with Crippen LogP contribution in [0, 0.1) is 0 Å². The van der Waals surface area contributed by atoms with Crippen LogP contribution in [0.4, 0.5) is 0 Å². The van der Waals surface area contributed by atoms with Gasteiger partial charge in [-0.25, -0.2) is 0 Å². The van der Waals surface area contributed by atoms with Gasteiger partial charge in [0.2, 0.25) is 0 Å². The Morgan fingerprint density at radius 2 is 1.81 bits per heavy atom. The molecule has 27 heavy (non-hydrogen) atoms. The first-order valence-electron chi connectivity index (χ1n) is 8.94. The monoisotopic (exact) mass is 384 g/mol.